The van der Waals surface area contributed by atoms with Crippen LogP contribution in [0.2, 0.25) is 0 Å². The number of anilines is 2. The van der Waals surface area contributed by atoms with Crippen molar-refractivity contribution in [3.05, 3.63) is 59.2 Å². The Morgan fingerprint density at radius 2 is 1.85 bits per heavy atom. The van der Waals surface area contributed by atoms with E-state index in [1.54, 1.807) is 24.3 Å². The van der Waals surface area contributed by atoms with Crippen LogP contribution < -0.4 is 21.3 Å². The summed E-state index contributed by atoms with van der Waals surface area (Å²) in [6.45, 7) is 0.0511. The second kappa shape index (κ2) is 9.51. The van der Waals surface area contributed by atoms with Crippen molar-refractivity contribution >= 4 is 29.1 Å². The molecule has 7 nitrogen and oxygen atoms in total. The van der Waals surface area contributed by atoms with Gasteiger partial charge < -0.3 is 16.0 Å². The summed E-state index contributed by atoms with van der Waals surface area (Å²) >= 11 is 0. The van der Waals surface area contributed by atoms with Crippen LogP contribution in [-0.2, 0) is 0 Å². The molecule has 0 aromatic heterocycles. The van der Waals surface area contributed by atoms with Gasteiger partial charge in [0.15, 0.2) is 5.96 Å². The van der Waals surface area contributed by atoms with Gasteiger partial charge in [-0.3, -0.25) is 19.9 Å². The SMILES string of the molecule is O=C(NCC(F)(F)F)c1cccc(Nc2ccc(C(=O)NC3=NCCCN3)cc2C2CC2)c1. The second-order valence-electron chi connectivity index (χ2n) is 8.04. The average molecular weight is 459 g/mol. The number of rotatable bonds is 6. The van der Waals surface area contributed by atoms with Crippen LogP contribution in [0.4, 0.5) is 24.5 Å². The van der Waals surface area contributed by atoms with Crippen LogP contribution in [0.3, 0.4) is 0 Å². The largest absolute Gasteiger partial charge is 0.405 e. The van der Waals surface area contributed by atoms with Crippen LogP contribution in [0.1, 0.15) is 51.5 Å². The van der Waals surface area contributed by atoms with Crippen LogP contribution >= 0.6 is 0 Å². The van der Waals surface area contributed by atoms with Crippen molar-refractivity contribution in [2.45, 2.75) is 31.4 Å². The maximum atomic E-state index is 12.7. The number of nitrogens with one attached hydrogen (secondary N) is 4. The second-order valence-corrected chi connectivity index (χ2v) is 8.04. The van der Waals surface area contributed by atoms with Crippen molar-refractivity contribution in [3.63, 3.8) is 0 Å². The van der Waals surface area contributed by atoms with E-state index in [9.17, 15) is 22.8 Å². The number of halogens is 3. The van der Waals surface area contributed by atoms with Crippen LogP contribution in [-0.4, -0.2) is 43.6 Å². The molecule has 0 saturated heterocycles. The number of carbonyl (C=O) groups excluding carboxylic acids is 2. The number of nitrogens with zero attached hydrogens (tertiary/aromatic N) is 1. The summed E-state index contributed by atoms with van der Waals surface area (Å²) in [6, 6.07) is 11.6. The average Bonchev–Trinajstić information content (AvgIpc) is 3.63. The summed E-state index contributed by atoms with van der Waals surface area (Å²) in [5.41, 5.74) is 2.96. The first-order chi connectivity index (χ1) is 15.8. The van der Waals surface area contributed by atoms with Crippen LogP contribution in [0, 0.1) is 0 Å². The van der Waals surface area contributed by atoms with Crippen molar-refractivity contribution in [1.82, 2.24) is 16.0 Å². The number of benzene rings is 2. The molecule has 2 aromatic carbocycles. The van der Waals surface area contributed by atoms with Crippen LogP contribution in [0.25, 0.3) is 0 Å². The molecule has 1 aliphatic heterocycles. The summed E-state index contributed by atoms with van der Waals surface area (Å²) in [4.78, 5) is 29.0. The molecule has 4 N–H and O–H groups in total. The highest BCUT2D eigenvalue weighted by Crippen LogP contribution is 2.44. The highest BCUT2D eigenvalue weighted by molar-refractivity contribution is 6.06. The lowest BCUT2D eigenvalue weighted by atomic mass is 10.0. The highest BCUT2D eigenvalue weighted by Gasteiger charge is 2.29. The van der Waals surface area contributed by atoms with E-state index in [0.29, 0.717) is 29.7 Å². The summed E-state index contributed by atoms with van der Waals surface area (Å²) in [6.07, 6.45) is -1.53. The molecular weight excluding hydrogens is 435 g/mol. The number of amides is 2. The van der Waals surface area contributed by atoms with E-state index in [1.807, 2.05) is 11.4 Å². The van der Waals surface area contributed by atoms with Gasteiger partial charge in [0.25, 0.3) is 11.8 Å². The number of hydrogen-bond acceptors (Lipinski definition) is 5. The highest BCUT2D eigenvalue weighted by atomic mass is 19.4. The normalized spacial score (nSPS) is 15.8. The lowest BCUT2D eigenvalue weighted by molar-refractivity contribution is -0.123. The molecule has 0 spiro atoms. The molecular formula is C23H24F3N5O2. The van der Waals surface area contributed by atoms with Crippen molar-refractivity contribution in [1.29, 1.82) is 0 Å². The maximum absolute atomic E-state index is 12.7. The maximum Gasteiger partial charge on any atom is 0.405 e. The van der Waals surface area contributed by atoms with Gasteiger partial charge in [-0.25, -0.2) is 0 Å². The topological polar surface area (TPSA) is 94.6 Å². The smallest absolute Gasteiger partial charge is 0.356 e. The van der Waals surface area contributed by atoms with Crippen molar-refractivity contribution < 1.29 is 22.8 Å². The molecule has 10 heteroatoms. The molecule has 0 radical (unpaired) electrons. The molecule has 2 aliphatic rings. The molecule has 1 fully saturated rings. The van der Waals surface area contributed by atoms with Gasteiger partial charge in [-0.1, -0.05) is 6.07 Å². The summed E-state index contributed by atoms with van der Waals surface area (Å²) in [7, 11) is 0. The molecule has 1 heterocycles. The fourth-order valence-corrected chi connectivity index (χ4v) is 3.52. The monoisotopic (exact) mass is 459 g/mol. The van der Waals surface area contributed by atoms with Gasteiger partial charge >= 0.3 is 6.18 Å². The molecule has 2 amide bonds. The van der Waals surface area contributed by atoms with Crippen LogP contribution in [0.15, 0.2) is 47.5 Å². The number of guanidine groups is 1. The molecule has 0 unspecified atom stereocenters. The molecule has 1 saturated carbocycles. The standard InChI is InChI=1S/C23H24F3N5O2/c24-23(25,26)13-29-20(32)15-3-1-4-17(11-15)30-19-8-7-16(12-18(19)14-5-6-14)21(33)31-22-27-9-2-10-28-22/h1,3-4,7-8,11-12,14,30H,2,5-6,9-10,13H2,(H,29,32)(H2,27,28,31,33). The Kier molecular flexibility index (Phi) is 6.52. The van der Waals surface area contributed by atoms with E-state index in [-0.39, 0.29) is 11.5 Å². The number of alkyl halides is 3. The summed E-state index contributed by atoms with van der Waals surface area (Å²) in [5, 5.41) is 11.0. The quantitative estimate of drug-likeness (QED) is 0.530. The Balaban J connectivity index is 1.48. The molecule has 2 aromatic rings. The predicted octanol–water partition coefficient (Wildman–Crippen LogP) is 3.68. The molecule has 4 rings (SSSR count). The minimum atomic E-state index is -4.47. The minimum absolute atomic E-state index is 0.119. The Morgan fingerprint density at radius 3 is 2.55 bits per heavy atom. The number of aliphatic imine (C=N–C) groups is 1. The molecule has 33 heavy (non-hydrogen) atoms. The minimum Gasteiger partial charge on any atom is -0.356 e. The van der Waals surface area contributed by atoms with Gasteiger partial charge in [0.05, 0.1) is 0 Å². The van der Waals surface area contributed by atoms with E-state index < -0.39 is 18.6 Å². The lowest BCUT2D eigenvalue weighted by Crippen LogP contribution is -2.43. The number of hydrogen-bond donors (Lipinski definition) is 4. The molecule has 174 valence electrons. The molecule has 0 bridgehead atoms. The van der Waals surface area contributed by atoms with Crippen LogP contribution in [0.5, 0.6) is 0 Å². The van der Waals surface area contributed by atoms with Gasteiger partial charge in [-0.15, -0.1) is 0 Å². The van der Waals surface area contributed by atoms with Gasteiger partial charge in [0.2, 0.25) is 0 Å². The predicted molar refractivity (Wildman–Crippen MR) is 119 cm³/mol. The van der Waals surface area contributed by atoms with Crippen molar-refractivity contribution in [3.8, 4) is 0 Å². The zero-order valence-electron chi connectivity index (χ0n) is 17.8. The first-order valence-electron chi connectivity index (χ1n) is 10.7. The van der Waals surface area contributed by atoms with E-state index in [1.165, 1.54) is 12.1 Å². The first-order valence-corrected chi connectivity index (χ1v) is 10.7. The zero-order valence-corrected chi connectivity index (χ0v) is 17.8. The summed E-state index contributed by atoms with van der Waals surface area (Å²) in [5.74, 6) is -0.254. The molecule has 1 aliphatic carbocycles. The fourth-order valence-electron chi connectivity index (χ4n) is 3.52. The van der Waals surface area contributed by atoms with E-state index in [4.69, 9.17) is 0 Å². The zero-order chi connectivity index (χ0) is 23.4. The van der Waals surface area contributed by atoms with E-state index in [0.717, 1.165) is 37.1 Å². The van der Waals surface area contributed by atoms with Gasteiger partial charge in [-0.05, 0) is 67.1 Å². The van der Waals surface area contributed by atoms with Gasteiger partial charge in [-0.2, -0.15) is 13.2 Å². The van der Waals surface area contributed by atoms with Gasteiger partial charge in [0, 0.05) is 35.6 Å². The third-order valence-corrected chi connectivity index (χ3v) is 5.31. The summed E-state index contributed by atoms with van der Waals surface area (Å²) < 4.78 is 37.1. The Labute approximate surface area is 188 Å². The Hall–Kier alpha value is -3.56. The molecule has 0 atom stereocenters. The lowest BCUT2D eigenvalue weighted by Gasteiger charge is -2.17. The van der Waals surface area contributed by atoms with E-state index in [2.05, 4.69) is 20.9 Å². The Bertz CT molecular complexity index is 1080. The fraction of sp³-hybridized carbons (Fsp3) is 0.348. The third kappa shape index (κ3) is 6.24. The third-order valence-electron chi connectivity index (χ3n) is 5.31. The van der Waals surface area contributed by atoms with Gasteiger partial charge in [0.1, 0.15) is 6.54 Å². The van der Waals surface area contributed by atoms with Crippen molar-refractivity contribution in [2.75, 3.05) is 25.0 Å². The first kappa shape index (κ1) is 22.6. The van der Waals surface area contributed by atoms with Crippen molar-refractivity contribution in [2.24, 2.45) is 4.99 Å². The van der Waals surface area contributed by atoms with E-state index >= 15 is 0 Å². The Morgan fingerprint density at radius 1 is 1.06 bits per heavy atom. The number of carbonyl (C=O) groups is 2.